The van der Waals surface area contributed by atoms with Gasteiger partial charge in [-0.15, -0.1) is 0 Å². The Morgan fingerprint density at radius 2 is 2.16 bits per heavy atom. The van der Waals surface area contributed by atoms with Crippen LogP contribution in [0.15, 0.2) is 12.3 Å². The summed E-state index contributed by atoms with van der Waals surface area (Å²) in [5, 5.41) is 4.15. The average Bonchev–Trinajstić information content (AvgIpc) is 2.41. The van der Waals surface area contributed by atoms with E-state index in [1.54, 1.807) is 0 Å². The standard InChI is InChI=1S/C15H24ClN3/c1-3-6-17-10-13-9-14(16)15(18-11-13)19-7-4-12(2)5-8-19/h9,11-12,17H,3-8,10H2,1-2H3. The first-order valence-electron chi connectivity index (χ1n) is 7.30. The number of pyridine rings is 1. The highest BCUT2D eigenvalue weighted by molar-refractivity contribution is 6.33. The van der Waals surface area contributed by atoms with E-state index in [-0.39, 0.29) is 0 Å². The van der Waals surface area contributed by atoms with E-state index in [9.17, 15) is 0 Å². The zero-order chi connectivity index (χ0) is 13.7. The predicted octanol–water partition coefficient (Wildman–Crippen LogP) is 3.47. The van der Waals surface area contributed by atoms with Gasteiger partial charge in [-0.3, -0.25) is 0 Å². The highest BCUT2D eigenvalue weighted by Crippen LogP contribution is 2.28. The molecule has 1 aliphatic rings. The molecule has 106 valence electrons. The molecule has 0 unspecified atom stereocenters. The van der Waals surface area contributed by atoms with Gasteiger partial charge in [-0.1, -0.05) is 25.4 Å². The Balaban J connectivity index is 1.98. The molecular formula is C15H24ClN3. The van der Waals surface area contributed by atoms with Crippen molar-refractivity contribution < 1.29 is 0 Å². The van der Waals surface area contributed by atoms with E-state index >= 15 is 0 Å². The molecule has 4 heteroatoms. The second-order valence-electron chi connectivity index (χ2n) is 5.50. The van der Waals surface area contributed by atoms with Crippen LogP contribution in [-0.4, -0.2) is 24.6 Å². The molecule has 3 nitrogen and oxygen atoms in total. The Morgan fingerprint density at radius 3 is 2.79 bits per heavy atom. The van der Waals surface area contributed by atoms with Crippen LogP contribution in [0.5, 0.6) is 0 Å². The van der Waals surface area contributed by atoms with E-state index in [4.69, 9.17) is 11.6 Å². The molecule has 0 radical (unpaired) electrons. The predicted molar refractivity (Wildman–Crippen MR) is 81.9 cm³/mol. The van der Waals surface area contributed by atoms with Crippen LogP contribution in [0, 0.1) is 5.92 Å². The monoisotopic (exact) mass is 281 g/mol. The summed E-state index contributed by atoms with van der Waals surface area (Å²) in [5.74, 6) is 1.78. The van der Waals surface area contributed by atoms with Crippen LogP contribution in [0.4, 0.5) is 5.82 Å². The third-order valence-electron chi connectivity index (χ3n) is 3.72. The van der Waals surface area contributed by atoms with Crippen molar-refractivity contribution in [1.29, 1.82) is 0 Å². The molecule has 2 rings (SSSR count). The molecule has 1 N–H and O–H groups in total. The van der Waals surface area contributed by atoms with Gasteiger partial charge in [-0.05, 0) is 43.4 Å². The molecule has 19 heavy (non-hydrogen) atoms. The summed E-state index contributed by atoms with van der Waals surface area (Å²) in [4.78, 5) is 6.87. The van der Waals surface area contributed by atoms with Crippen molar-refractivity contribution in [3.8, 4) is 0 Å². The van der Waals surface area contributed by atoms with Gasteiger partial charge in [0, 0.05) is 25.8 Å². The summed E-state index contributed by atoms with van der Waals surface area (Å²) < 4.78 is 0. The summed E-state index contributed by atoms with van der Waals surface area (Å²) in [6.45, 7) is 8.50. The van der Waals surface area contributed by atoms with Crippen molar-refractivity contribution >= 4 is 17.4 Å². The number of halogens is 1. The van der Waals surface area contributed by atoms with Crippen LogP contribution >= 0.6 is 11.6 Å². The lowest BCUT2D eigenvalue weighted by Gasteiger charge is -2.31. The lowest BCUT2D eigenvalue weighted by Crippen LogP contribution is -2.33. The Kier molecular flexibility index (Phi) is 5.46. The highest BCUT2D eigenvalue weighted by atomic mass is 35.5. The number of hydrogen-bond acceptors (Lipinski definition) is 3. The molecule has 1 aliphatic heterocycles. The molecule has 0 amide bonds. The van der Waals surface area contributed by atoms with Crippen LogP contribution in [0.1, 0.15) is 38.7 Å². The molecule has 1 saturated heterocycles. The van der Waals surface area contributed by atoms with Gasteiger partial charge in [0.25, 0.3) is 0 Å². The Labute approximate surface area is 121 Å². The quantitative estimate of drug-likeness (QED) is 0.838. The maximum Gasteiger partial charge on any atom is 0.147 e. The second-order valence-corrected chi connectivity index (χ2v) is 5.90. The topological polar surface area (TPSA) is 28.2 Å². The Morgan fingerprint density at radius 1 is 1.42 bits per heavy atom. The van der Waals surface area contributed by atoms with Gasteiger partial charge in [0.15, 0.2) is 0 Å². The van der Waals surface area contributed by atoms with E-state index in [0.717, 1.165) is 54.9 Å². The second kappa shape index (κ2) is 7.11. The summed E-state index contributed by atoms with van der Waals surface area (Å²) in [7, 11) is 0. The van der Waals surface area contributed by atoms with Crippen molar-refractivity contribution in [3.63, 3.8) is 0 Å². The molecule has 0 atom stereocenters. The van der Waals surface area contributed by atoms with Crippen LogP contribution in [-0.2, 0) is 6.54 Å². The first-order chi connectivity index (χ1) is 9.20. The summed E-state index contributed by atoms with van der Waals surface area (Å²) in [5.41, 5.74) is 1.16. The molecule has 1 fully saturated rings. The van der Waals surface area contributed by atoms with E-state index in [2.05, 4.69) is 29.0 Å². The fourth-order valence-electron chi connectivity index (χ4n) is 2.43. The van der Waals surface area contributed by atoms with Gasteiger partial charge in [-0.25, -0.2) is 4.98 Å². The fourth-order valence-corrected chi connectivity index (χ4v) is 2.74. The molecule has 0 aromatic carbocycles. The van der Waals surface area contributed by atoms with E-state index < -0.39 is 0 Å². The first kappa shape index (κ1) is 14.6. The summed E-state index contributed by atoms with van der Waals surface area (Å²) >= 11 is 6.38. The van der Waals surface area contributed by atoms with Crippen LogP contribution < -0.4 is 10.2 Å². The lowest BCUT2D eigenvalue weighted by atomic mass is 9.99. The fraction of sp³-hybridized carbons (Fsp3) is 0.667. The van der Waals surface area contributed by atoms with Gasteiger partial charge in [0.05, 0.1) is 5.02 Å². The molecule has 1 aromatic heterocycles. The van der Waals surface area contributed by atoms with E-state index in [1.807, 2.05) is 12.3 Å². The van der Waals surface area contributed by atoms with Crippen LogP contribution in [0.2, 0.25) is 5.02 Å². The minimum atomic E-state index is 0.783. The first-order valence-corrected chi connectivity index (χ1v) is 7.68. The normalized spacial score (nSPS) is 16.9. The molecule has 1 aromatic rings. The van der Waals surface area contributed by atoms with Gasteiger partial charge >= 0.3 is 0 Å². The number of nitrogens with zero attached hydrogens (tertiary/aromatic N) is 2. The van der Waals surface area contributed by atoms with Crippen molar-refractivity contribution in [1.82, 2.24) is 10.3 Å². The number of hydrogen-bond donors (Lipinski definition) is 1. The van der Waals surface area contributed by atoms with Crippen LogP contribution in [0.3, 0.4) is 0 Å². The number of rotatable bonds is 5. The molecule has 0 aliphatic carbocycles. The SMILES string of the molecule is CCCNCc1cnc(N2CCC(C)CC2)c(Cl)c1. The van der Waals surface area contributed by atoms with Crippen molar-refractivity contribution in [3.05, 3.63) is 22.8 Å². The summed E-state index contributed by atoms with van der Waals surface area (Å²) in [6, 6.07) is 2.05. The van der Waals surface area contributed by atoms with Crippen molar-refractivity contribution in [2.45, 2.75) is 39.7 Å². The lowest BCUT2D eigenvalue weighted by molar-refractivity contribution is 0.436. The minimum absolute atomic E-state index is 0.783. The maximum absolute atomic E-state index is 6.38. The van der Waals surface area contributed by atoms with Crippen molar-refractivity contribution in [2.75, 3.05) is 24.5 Å². The van der Waals surface area contributed by atoms with Crippen LogP contribution in [0.25, 0.3) is 0 Å². The van der Waals surface area contributed by atoms with Gasteiger partial charge in [0.1, 0.15) is 5.82 Å². The molecule has 0 spiro atoms. The zero-order valence-electron chi connectivity index (χ0n) is 12.0. The minimum Gasteiger partial charge on any atom is -0.355 e. The van der Waals surface area contributed by atoms with Gasteiger partial charge in [-0.2, -0.15) is 0 Å². The van der Waals surface area contributed by atoms with E-state index in [1.165, 1.54) is 12.8 Å². The zero-order valence-corrected chi connectivity index (χ0v) is 12.7. The summed E-state index contributed by atoms with van der Waals surface area (Å²) in [6.07, 6.45) is 5.56. The smallest absolute Gasteiger partial charge is 0.147 e. The number of anilines is 1. The molecule has 2 heterocycles. The largest absolute Gasteiger partial charge is 0.355 e. The molecular weight excluding hydrogens is 258 g/mol. The van der Waals surface area contributed by atoms with Crippen molar-refractivity contribution in [2.24, 2.45) is 5.92 Å². The average molecular weight is 282 g/mol. The maximum atomic E-state index is 6.38. The molecule has 0 saturated carbocycles. The molecule has 0 bridgehead atoms. The van der Waals surface area contributed by atoms with Gasteiger partial charge < -0.3 is 10.2 Å². The van der Waals surface area contributed by atoms with Gasteiger partial charge in [0.2, 0.25) is 0 Å². The Hall–Kier alpha value is -0.800. The highest BCUT2D eigenvalue weighted by Gasteiger charge is 2.19. The number of aromatic nitrogens is 1. The third kappa shape index (κ3) is 4.08. The Bertz CT molecular complexity index is 400. The third-order valence-corrected chi connectivity index (χ3v) is 4.00. The number of nitrogens with one attached hydrogen (secondary N) is 1. The number of piperidine rings is 1. The van der Waals surface area contributed by atoms with E-state index in [0.29, 0.717) is 0 Å².